The normalized spacial score (nSPS) is 23.9. The number of rotatable bonds is 4. The van der Waals surface area contributed by atoms with Gasteiger partial charge in [-0.25, -0.2) is 13.1 Å². The summed E-state index contributed by atoms with van der Waals surface area (Å²) in [5, 5.41) is 0. The topological polar surface area (TPSA) is 89.5 Å². The predicted octanol–water partition coefficient (Wildman–Crippen LogP) is 0.802. The van der Waals surface area contributed by atoms with Crippen molar-refractivity contribution in [3.05, 3.63) is 24.3 Å². The quantitative estimate of drug-likeness (QED) is 0.828. The molecule has 20 heavy (non-hydrogen) atoms. The smallest absolute Gasteiger partial charge is 0.332 e. The summed E-state index contributed by atoms with van der Waals surface area (Å²) >= 11 is 0. The van der Waals surface area contributed by atoms with E-state index in [0.717, 1.165) is 12.1 Å². The van der Waals surface area contributed by atoms with E-state index in [1.54, 1.807) is 6.92 Å². The van der Waals surface area contributed by atoms with Crippen LogP contribution in [0.4, 0.5) is 3.89 Å². The Kier molecular flexibility index (Phi) is 3.89. The summed E-state index contributed by atoms with van der Waals surface area (Å²) in [5.74, 6) is 0. The number of hydrogen-bond acceptors (Lipinski definition) is 5. The van der Waals surface area contributed by atoms with Crippen LogP contribution >= 0.6 is 0 Å². The van der Waals surface area contributed by atoms with Crippen LogP contribution in [-0.2, 0) is 25.0 Å². The van der Waals surface area contributed by atoms with Crippen molar-refractivity contribution in [1.29, 1.82) is 0 Å². The van der Waals surface area contributed by atoms with Gasteiger partial charge >= 0.3 is 10.2 Å². The molecule has 0 aliphatic carbocycles. The second-order valence-electron chi connectivity index (χ2n) is 4.88. The van der Waals surface area contributed by atoms with E-state index in [1.807, 2.05) is 0 Å². The van der Waals surface area contributed by atoms with E-state index in [4.69, 9.17) is 4.74 Å². The molecule has 0 saturated carbocycles. The van der Waals surface area contributed by atoms with Crippen LogP contribution in [0.15, 0.2) is 34.1 Å². The highest BCUT2D eigenvalue weighted by Crippen LogP contribution is 2.23. The summed E-state index contributed by atoms with van der Waals surface area (Å²) in [6.07, 6.45) is 0.507. The Morgan fingerprint density at radius 2 is 1.90 bits per heavy atom. The predicted molar refractivity (Wildman–Crippen MR) is 68.9 cm³/mol. The number of ether oxygens (including phenoxy) is 1. The van der Waals surface area contributed by atoms with Gasteiger partial charge in [0.05, 0.1) is 21.9 Å². The van der Waals surface area contributed by atoms with Crippen LogP contribution < -0.4 is 4.72 Å². The molecule has 1 saturated heterocycles. The minimum atomic E-state index is -4.94. The lowest BCUT2D eigenvalue weighted by atomic mass is 10.0. The van der Waals surface area contributed by atoms with Gasteiger partial charge in [-0.15, -0.1) is 3.89 Å². The second kappa shape index (κ2) is 5.06. The molecule has 112 valence electrons. The SMILES string of the molecule is CC1(NS(=O)(=O)c2cccc(S(=O)(=O)F)c2)CCOC1. The Morgan fingerprint density at radius 1 is 1.25 bits per heavy atom. The van der Waals surface area contributed by atoms with Crippen LogP contribution in [0.3, 0.4) is 0 Å². The first-order chi connectivity index (χ1) is 9.12. The van der Waals surface area contributed by atoms with Crippen molar-refractivity contribution in [2.45, 2.75) is 28.7 Å². The number of hydrogen-bond donors (Lipinski definition) is 1. The minimum Gasteiger partial charge on any atom is -0.379 e. The zero-order valence-electron chi connectivity index (χ0n) is 10.7. The lowest BCUT2D eigenvalue weighted by molar-refractivity contribution is 0.178. The third-order valence-corrected chi connectivity index (χ3v) is 5.45. The molecule has 1 unspecified atom stereocenters. The van der Waals surface area contributed by atoms with Gasteiger partial charge in [0.2, 0.25) is 10.0 Å². The van der Waals surface area contributed by atoms with Crippen LogP contribution in [0, 0.1) is 0 Å². The van der Waals surface area contributed by atoms with E-state index >= 15 is 0 Å². The first-order valence-corrected chi connectivity index (χ1v) is 8.66. The highest BCUT2D eigenvalue weighted by molar-refractivity contribution is 7.89. The van der Waals surface area contributed by atoms with Crippen LogP contribution in [0.5, 0.6) is 0 Å². The van der Waals surface area contributed by atoms with Crippen molar-refractivity contribution >= 4 is 20.2 Å². The summed E-state index contributed by atoms with van der Waals surface area (Å²) in [4.78, 5) is -0.988. The van der Waals surface area contributed by atoms with Crippen molar-refractivity contribution in [3.8, 4) is 0 Å². The highest BCUT2D eigenvalue weighted by atomic mass is 32.3. The van der Waals surface area contributed by atoms with E-state index in [2.05, 4.69) is 4.72 Å². The molecule has 1 aliphatic rings. The fourth-order valence-corrected chi connectivity index (χ4v) is 3.97. The number of nitrogens with one attached hydrogen (secondary N) is 1. The molecular weight excluding hydrogens is 309 g/mol. The van der Waals surface area contributed by atoms with Gasteiger partial charge in [0.15, 0.2) is 0 Å². The standard InChI is InChI=1S/C11H14FNO5S2/c1-11(5-6-18-8-11)13-20(16,17)10-4-2-3-9(7-10)19(12,14)15/h2-4,7,13H,5-6,8H2,1H3. The first kappa shape index (κ1) is 15.4. The Labute approximate surface area is 117 Å². The van der Waals surface area contributed by atoms with Gasteiger partial charge in [-0.05, 0) is 31.5 Å². The Balaban J connectivity index is 2.35. The molecule has 6 nitrogen and oxygen atoms in total. The average molecular weight is 323 g/mol. The molecule has 0 bridgehead atoms. The zero-order chi connectivity index (χ0) is 15.0. The third-order valence-electron chi connectivity index (χ3n) is 3.00. The summed E-state index contributed by atoms with van der Waals surface area (Å²) in [5.41, 5.74) is -0.747. The average Bonchev–Trinajstić information content (AvgIpc) is 2.74. The van der Waals surface area contributed by atoms with E-state index in [0.29, 0.717) is 13.0 Å². The molecule has 1 atom stereocenters. The summed E-state index contributed by atoms with van der Waals surface area (Å²) in [6, 6.07) is 4.16. The summed E-state index contributed by atoms with van der Waals surface area (Å²) < 4.78 is 66.5. The molecule has 1 aromatic rings. The lowest BCUT2D eigenvalue weighted by Gasteiger charge is -2.23. The van der Waals surface area contributed by atoms with Gasteiger partial charge in [0.1, 0.15) is 0 Å². The second-order valence-corrected chi connectivity index (χ2v) is 7.91. The fourth-order valence-electron chi connectivity index (χ4n) is 1.92. The number of halogens is 1. The van der Waals surface area contributed by atoms with Gasteiger partial charge in [-0.1, -0.05) is 6.07 Å². The van der Waals surface area contributed by atoms with Gasteiger partial charge < -0.3 is 4.74 Å². The monoisotopic (exact) mass is 323 g/mol. The van der Waals surface area contributed by atoms with Crippen LogP contribution in [0.25, 0.3) is 0 Å². The van der Waals surface area contributed by atoms with Crippen molar-refractivity contribution in [2.24, 2.45) is 0 Å². The zero-order valence-corrected chi connectivity index (χ0v) is 12.3. The summed E-state index contributed by atoms with van der Waals surface area (Å²) in [6.45, 7) is 2.36. The summed E-state index contributed by atoms with van der Waals surface area (Å²) in [7, 11) is -8.89. The lowest BCUT2D eigenvalue weighted by Crippen LogP contribution is -2.46. The van der Waals surface area contributed by atoms with Gasteiger partial charge in [0.25, 0.3) is 0 Å². The van der Waals surface area contributed by atoms with Gasteiger partial charge in [-0.3, -0.25) is 0 Å². The maximum absolute atomic E-state index is 12.9. The van der Waals surface area contributed by atoms with Crippen LogP contribution in [-0.4, -0.2) is 35.6 Å². The molecule has 0 radical (unpaired) electrons. The molecule has 1 heterocycles. The highest BCUT2D eigenvalue weighted by Gasteiger charge is 2.34. The number of benzene rings is 1. The van der Waals surface area contributed by atoms with Gasteiger partial charge in [-0.2, -0.15) is 8.42 Å². The van der Waals surface area contributed by atoms with Crippen molar-refractivity contribution in [1.82, 2.24) is 4.72 Å². The Morgan fingerprint density at radius 3 is 2.45 bits per heavy atom. The van der Waals surface area contributed by atoms with E-state index < -0.39 is 30.7 Å². The maximum atomic E-state index is 12.9. The molecule has 1 N–H and O–H groups in total. The van der Waals surface area contributed by atoms with Crippen molar-refractivity contribution < 1.29 is 25.5 Å². The molecule has 1 aliphatic heterocycles. The fraction of sp³-hybridized carbons (Fsp3) is 0.455. The van der Waals surface area contributed by atoms with Crippen molar-refractivity contribution in [2.75, 3.05) is 13.2 Å². The molecule has 0 aromatic heterocycles. The van der Waals surface area contributed by atoms with Crippen LogP contribution in [0.2, 0.25) is 0 Å². The van der Waals surface area contributed by atoms with Gasteiger partial charge in [0, 0.05) is 6.61 Å². The van der Waals surface area contributed by atoms with Crippen molar-refractivity contribution in [3.63, 3.8) is 0 Å². The molecule has 1 aromatic carbocycles. The molecular formula is C11H14FNO5S2. The maximum Gasteiger partial charge on any atom is 0.332 e. The van der Waals surface area contributed by atoms with Crippen LogP contribution in [0.1, 0.15) is 13.3 Å². The molecule has 9 heteroatoms. The minimum absolute atomic E-state index is 0.229. The molecule has 0 amide bonds. The number of sulfonamides is 1. The molecule has 1 fully saturated rings. The van der Waals surface area contributed by atoms with E-state index in [-0.39, 0.29) is 11.5 Å². The third kappa shape index (κ3) is 3.35. The Bertz CT molecular complexity index is 708. The molecule has 0 spiro atoms. The largest absolute Gasteiger partial charge is 0.379 e. The first-order valence-electron chi connectivity index (χ1n) is 5.79. The van der Waals surface area contributed by atoms with E-state index in [9.17, 15) is 20.7 Å². The Hall–Kier alpha value is -1.03. The molecule has 2 rings (SSSR count). The van der Waals surface area contributed by atoms with E-state index in [1.165, 1.54) is 12.1 Å².